The van der Waals surface area contributed by atoms with Gasteiger partial charge in [0.1, 0.15) is 0 Å². The Labute approximate surface area is 139 Å². The van der Waals surface area contributed by atoms with Gasteiger partial charge in [-0.15, -0.1) is 11.3 Å². The Morgan fingerprint density at radius 3 is 2.96 bits per heavy atom. The molecule has 1 amide bonds. The number of hydrogen-bond acceptors (Lipinski definition) is 4. The number of fused-ring (bicyclic) bond motifs is 1. The van der Waals surface area contributed by atoms with E-state index in [0.29, 0.717) is 12.1 Å². The normalized spacial score (nSPS) is 11.1. The molecule has 0 bridgehead atoms. The number of nitrogens with one attached hydrogen (secondary N) is 1. The quantitative estimate of drug-likeness (QED) is 0.733. The van der Waals surface area contributed by atoms with E-state index in [0.717, 1.165) is 35.3 Å². The van der Waals surface area contributed by atoms with E-state index >= 15 is 0 Å². The SMILES string of the molecule is Cc1cc(C(=O)NCCCc2cccs2)c2c(C)nn(C)c2n1. The molecule has 3 aromatic heterocycles. The molecule has 0 radical (unpaired) electrons. The van der Waals surface area contributed by atoms with E-state index in [1.165, 1.54) is 4.88 Å². The number of carbonyl (C=O) groups excluding carboxylic acids is 1. The molecule has 120 valence electrons. The Balaban J connectivity index is 1.73. The number of thiophene rings is 1. The Morgan fingerprint density at radius 2 is 2.22 bits per heavy atom. The lowest BCUT2D eigenvalue weighted by Crippen LogP contribution is -2.25. The highest BCUT2D eigenvalue weighted by molar-refractivity contribution is 7.09. The second kappa shape index (κ2) is 6.50. The highest BCUT2D eigenvalue weighted by Gasteiger charge is 2.17. The van der Waals surface area contributed by atoms with E-state index in [-0.39, 0.29) is 5.91 Å². The van der Waals surface area contributed by atoms with Crippen LogP contribution in [0.15, 0.2) is 23.6 Å². The van der Waals surface area contributed by atoms with E-state index in [2.05, 4.69) is 32.9 Å². The van der Waals surface area contributed by atoms with E-state index in [1.807, 2.05) is 27.0 Å². The van der Waals surface area contributed by atoms with Crippen molar-refractivity contribution in [1.29, 1.82) is 0 Å². The third kappa shape index (κ3) is 3.27. The largest absolute Gasteiger partial charge is 0.352 e. The minimum absolute atomic E-state index is 0.0530. The summed E-state index contributed by atoms with van der Waals surface area (Å²) >= 11 is 1.75. The van der Waals surface area contributed by atoms with Gasteiger partial charge in [0.25, 0.3) is 5.91 Å². The first kappa shape index (κ1) is 15.7. The zero-order chi connectivity index (χ0) is 16.4. The van der Waals surface area contributed by atoms with Gasteiger partial charge in [-0.05, 0) is 44.2 Å². The van der Waals surface area contributed by atoms with Crippen LogP contribution >= 0.6 is 11.3 Å². The summed E-state index contributed by atoms with van der Waals surface area (Å²) in [5.74, 6) is -0.0530. The van der Waals surface area contributed by atoms with Crippen LogP contribution in [0, 0.1) is 13.8 Å². The Morgan fingerprint density at radius 1 is 1.39 bits per heavy atom. The van der Waals surface area contributed by atoms with Gasteiger partial charge in [-0.2, -0.15) is 5.10 Å². The minimum Gasteiger partial charge on any atom is -0.352 e. The third-order valence-electron chi connectivity index (χ3n) is 3.81. The molecule has 0 saturated carbocycles. The summed E-state index contributed by atoms with van der Waals surface area (Å²) in [6, 6.07) is 6.02. The fraction of sp³-hybridized carbons (Fsp3) is 0.353. The van der Waals surface area contributed by atoms with Crippen LogP contribution in [-0.2, 0) is 13.5 Å². The maximum atomic E-state index is 12.6. The van der Waals surface area contributed by atoms with Gasteiger partial charge in [0.2, 0.25) is 0 Å². The summed E-state index contributed by atoms with van der Waals surface area (Å²) in [6.07, 6.45) is 1.93. The summed E-state index contributed by atoms with van der Waals surface area (Å²) < 4.78 is 1.73. The van der Waals surface area contributed by atoms with Crippen molar-refractivity contribution < 1.29 is 4.79 Å². The number of aryl methyl sites for hydroxylation is 4. The lowest BCUT2D eigenvalue weighted by atomic mass is 10.1. The predicted molar refractivity (Wildman–Crippen MR) is 93.0 cm³/mol. The molecule has 6 heteroatoms. The molecule has 1 N–H and O–H groups in total. The summed E-state index contributed by atoms with van der Waals surface area (Å²) in [5, 5.41) is 10.3. The summed E-state index contributed by atoms with van der Waals surface area (Å²) in [7, 11) is 1.85. The molecule has 0 spiro atoms. The fourth-order valence-electron chi connectivity index (χ4n) is 2.76. The van der Waals surface area contributed by atoms with E-state index in [4.69, 9.17) is 0 Å². The van der Waals surface area contributed by atoms with Crippen LogP contribution in [0.25, 0.3) is 11.0 Å². The molecule has 0 atom stereocenters. The number of pyridine rings is 1. The van der Waals surface area contributed by atoms with Gasteiger partial charge in [-0.1, -0.05) is 6.07 Å². The molecule has 0 unspecified atom stereocenters. The first-order chi connectivity index (χ1) is 11.1. The average Bonchev–Trinajstić information content (AvgIpc) is 3.12. The van der Waals surface area contributed by atoms with E-state index in [1.54, 1.807) is 16.0 Å². The number of aromatic nitrogens is 3. The van der Waals surface area contributed by atoms with Gasteiger partial charge < -0.3 is 5.32 Å². The lowest BCUT2D eigenvalue weighted by Gasteiger charge is -2.07. The number of amides is 1. The molecule has 0 fully saturated rings. The zero-order valence-electron chi connectivity index (χ0n) is 13.6. The second-order valence-electron chi connectivity index (χ2n) is 5.66. The first-order valence-corrected chi connectivity index (χ1v) is 8.56. The van der Waals surface area contributed by atoms with Crippen molar-refractivity contribution in [3.63, 3.8) is 0 Å². The van der Waals surface area contributed by atoms with Gasteiger partial charge in [-0.3, -0.25) is 9.48 Å². The van der Waals surface area contributed by atoms with Crippen LogP contribution in [0.4, 0.5) is 0 Å². The fourth-order valence-corrected chi connectivity index (χ4v) is 3.51. The highest BCUT2D eigenvalue weighted by atomic mass is 32.1. The maximum Gasteiger partial charge on any atom is 0.252 e. The molecule has 3 aromatic rings. The van der Waals surface area contributed by atoms with E-state index in [9.17, 15) is 4.79 Å². The number of nitrogens with zero attached hydrogens (tertiary/aromatic N) is 3. The molecule has 0 aliphatic carbocycles. The van der Waals surface area contributed by atoms with Gasteiger partial charge in [0.15, 0.2) is 5.65 Å². The van der Waals surface area contributed by atoms with Crippen LogP contribution in [0.2, 0.25) is 0 Å². The zero-order valence-corrected chi connectivity index (χ0v) is 14.4. The van der Waals surface area contributed by atoms with Crippen molar-refractivity contribution in [3.8, 4) is 0 Å². The van der Waals surface area contributed by atoms with Crippen molar-refractivity contribution in [2.45, 2.75) is 26.7 Å². The van der Waals surface area contributed by atoms with Crippen molar-refractivity contribution in [1.82, 2.24) is 20.1 Å². The topological polar surface area (TPSA) is 59.8 Å². The maximum absolute atomic E-state index is 12.6. The Kier molecular flexibility index (Phi) is 4.43. The molecule has 0 aliphatic rings. The smallest absolute Gasteiger partial charge is 0.252 e. The monoisotopic (exact) mass is 328 g/mol. The van der Waals surface area contributed by atoms with Gasteiger partial charge in [0, 0.05) is 24.2 Å². The summed E-state index contributed by atoms with van der Waals surface area (Å²) in [4.78, 5) is 18.4. The molecule has 0 saturated heterocycles. The molecule has 5 nitrogen and oxygen atoms in total. The van der Waals surface area contributed by atoms with Crippen LogP contribution < -0.4 is 5.32 Å². The first-order valence-electron chi connectivity index (χ1n) is 7.68. The number of carbonyl (C=O) groups is 1. The Hall–Kier alpha value is -2.21. The molecule has 3 rings (SSSR count). The van der Waals surface area contributed by atoms with Crippen molar-refractivity contribution in [2.24, 2.45) is 7.05 Å². The standard InChI is InChI=1S/C17H20N4OS/c1-11-10-14(15-12(2)20-21(3)16(15)19-11)17(22)18-8-4-6-13-7-5-9-23-13/h5,7,9-10H,4,6,8H2,1-3H3,(H,18,22). The summed E-state index contributed by atoms with van der Waals surface area (Å²) in [5.41, 5.74) is 3.07. The molecule has 3 heterocycles. The number of hydrogen-bond donors (Lipinski definition) is 1. The van der Waals surface area contributed by atoms with Crippen molar-refractivity contribution in [2.75, 3.05) is 6.54 Å². The molecular formula is C17H20N4OS. The molecule has 23 heavy (non-hydrogen) atoms. The van der Waals surface area contributed by atoms with Gasteiger partial charge in [-0.25, -0.2) is 4.98 Å². The molecule has 0 aromatic carbocycles. The second-order valence-corrected chi connectivity index (χ2v) is 6.69. The van der Waals surface area contributed by atoms with Crippen LogP contribution in [0.5, 0.6) is 0 Å². The molecular weight excluding hydrogens is 308 g/mol. The van der Waals surface area contributed by atoms with E-state index < -0.39 is 0 Å². The lowest BCUT2D eigenvalue weighted by molar-refractivity contribution is 0.0954. The van der Waals surface area contributed by atoms with Crippen LogP contribution in [0.3, 0.4) is 0 Å². The third-order valence-corrected chi connectivity index (χ3v) is 4.74. The highest BCUT2D eigenvalue weighted by Crippen LogP contribution is 2.21. The van der Waals surface area contributed by atoms with Crippen LogP contribution in [0.1, 0.15) is 33.0 Å². The van der Waals surface area contributed by atoms with Crippen LogP contribution in [-0.4, -0.2) is 27.2 Å². The summed E-state index contributed by atoms with van der Waals surface area (Å²) in [6.45, 7) is 4.47. The molecule has 0 aliphatic heterocycles. The van der Waals surface area contributed by atoms with Gasteiger partial charge in [0.05, 0.1) is 16.6 Å². The average molecular weight is 328 g/mol. The minimum atomic E-state index is -0.0530. The van der Waals surface area contributed by atoms with Crippen molar-refractivity contribution in [3.05, 3.63) is 45.4 Å². The Bertz CT molecular complexity index is 836. The predicted octanol–water partition coefficient (Wildman–Crippen LogP) is 3.01. The van der Waals surface area contributed by atoms with Gasteiger partial charge >= 0.3 is 0 Å². The number of rotatable bonds is 5. The van der Waals surface area contributed by atoms with Crippen molar-refractivity contribution >= 4 is 28.3 Å².